The molecule has 6 nitrogen and oxygen atoms in total. The Labute approximate surface area is 161 Å². The fourth-order valence-corrected chi connectivity index (χ4v) is 4.73. The number of amides is 1. The zero-order valence-corrected chi connectivity index (χ0v) is 16.3. The second-order valence-electron chi connectivity index (χ2n) is 7.25. The average molecular weight is 383 g/mol. The first-order chi connectivity index (χ1) is 12.9. The fraction of sp³-hybridized carbons (Fsp3) is 0.350. The number of aryl methyl sites for hydroxylation is 1. The van der Waals surface area contributed by atoms with E-state index in [0.717, 1.165) is 27.0 Å². The van der Waals surface area contributed by atoms with Gasteiger partial charge in [0.05, 0.1) is 10.6 Å². The lowest BCUT2D eigenvalue weighted by Gasteiger charge is -2.34. The van der Waals surface area contributed by atoms with Crippen molar-refractivity contribution in [2.45, 2.75) is 38.8 Å². The van der Waals surface area contributed by atoms with Gasteiger partial charge in [-0.05, 0) is 23.1 Å². The summed E-state index contributed by atoms with van der Waals surface area (Å²) in [6.07, 6.45) is 0.334. The van der Waals surface area contributed by atoms with Crippen LogP contribution in [0.5, 0.6) is 0 Å². The second-order valence-corrected chi connectivity index (χ2v) is 8.28. The Kier molecular flexibility index (Phi) is 4.26. The smallest absolute Gasteiger partial charge is 0.326 e. The first kappa shape index (κ1) is 17.7. The third kappa shape index (κ3) is 2.92. The first-order valence-electron chi connectivity index (χ1n) is 8.93. The standard InChI is InChI=1S/C20H21N3O3S/c1-11(2)17-14-9-16(27-19(14)22(3)21-17)18(24)23-10-13-7-5-4-6-12(13)8-15(23)20(25)26/h4-7,9,11,15H,8,10H2,1-3H3,(H,25,26). The summed E-state index contributed by atoms with van der Waals surface area (Å²) in [4.78, 5) is 28.0. The summed E-state index contributed by atoms with van der Waals surface area (Å²) in [6, 6.07) is 8.74. The van der Waals surface area contributed by atoms with Crippen molar-refractivity contribution in [1.82, 2.24) is 14.7 Å². The number of carboxylic acid groups (broad SMARTS) is 1. The summed E-state index contributed by atoms with van der Waals surface area (Å²) in [5.41, 5.74) is 2.96. The van der Waals surface area contributed by atoms with Crippen molar-refractivity contribution in [3.05, 3.63) is 52.0 Å². The van der Waals surface area contributed by atoms with Gasteiger partial charge in [-0.1, -0.05) is 38.1 Å². The minimum atomic E-state index is -0.969. The molecule has 0 bridgehead atoms. The van der Waals surface area contributed by atoms with Crippen molar-refractivity contribution in [3.63, 3.8) is 0 Å². The lowest BCUT2D eigenvalue weighted by Crippen LogP contribution is -2.48. The Morgan fingerprint density at radius 1 is 1.26 bits per heavy atom. The molecule has 0 spiro atoms. The molecule has 0 radical (unpaired) electrons. The largest absolute Gasteiger partial charge is 0.480 e. The van der Waals surface area contributed by atoms with Gasteiger partial charge in [0.1, 0.15) is 10.9 Å². The van der Waals surface area contributed by atoms with E-state index in [1.165, 1.54) is 16.2 Å². The van der Waals surface area contributed by atoms with Crippen LogP contribution in [0.4, 0.5) is 0 Å². The lowest BCUT2D eigenvalue weighted by atomic mass is 9.94. The quantitative estimate of drug-likeness (QED) is 0.752. The van der Waals surface area contributed by atoms with Gasteiger partial charge in [0.25, 0.3) is 5.91 Å². The highest BCUT2D eigenvalue weighted by molar-refractivity contribution is 7.20. The fourth-order valence-electron chi connectivity index (χ4n) is 3.70. The van der Waals surface area contributed by atoms with Gasteiger partial charge in [0.15, 0.2) is 0 Å². The van der Waals surface area contributed by atoms with Crippen molar-refractivity contribution in [1.29, 1.82) is 0 Å². The molecule has 1 N–H and O–H groups in total. The SMILES string of the molecule is CC(C)c1nn(C)c2sc(C(=O)N3Cc4ccccc4CC3C(=O)O)cc12. The van der Waals surface area contributed by atoms with E-state index in [0.29, 0.717) is 17.8 Å². The van der Waals surface area contributed by atoms with Crippen molar-refractivity contribution in [2.24, 2.45) is 7.05 Å². The van der Waals surface area contributed by atoms with Gasteiger partial charge in [-0.3, -0.25) is 9.48 Å². The van der Waals surface area contributed by atoms with E-state index in [4.69, 9.17) is 0 Å². The molecule has 0 saturated carbocycles. The van der Waals surface area contributed by atoms with Crippen LogP contribution in [0.2, 0.25) is 0 Å². The maximum Gasteiger partial charge on any atom is 0.326 e. The Balaban J connectivity index is 1.74. The third-order valence-electron chi connectivity index (χ3n) is 5.09. The molecule has 7 heteroatoms. The van der Waals surface area contributed by atoms with Gasteiger partial charge < -0.3 is 10.0 Å². The Hall–Kier alpha value is -2.67. The van der Waals surface area contributed by atoms with Crippen LogP contribution in [0.25, 0.3) is 10.2 Å². The van der Waals surface area contributed by atoms with Crippen LogP contribution < -0.4 is 0 Å². The predicted molar refractivity (Wildman–Crippen MR) is 104 cm³/mol. The zero-order valence-electron chi connectivity index (χ0n) is 15.5. The van der Waals surface area contributed by atoms with E-state index in [1.807, 2.05) is 37.4 Å². The molecule has 1 aliphatic heterocycles. The molecule has 4 rings (SSSR count). The zero-order chi connectivity index (χ0) is 19.3. The van der Waals surface area contributed by atoms with Crippen molar-refractivity contribution >= 4 is 33.4 Å². The van der Waals surface area contributed by atoms with Gasteiger partial charge in [-0.25, -0.2) is 4.79 Å². The van der Waals surface area contributed by atoms with Gasteiger partial charge in [-0.15, -0.1) is 11.3 Å². The monoisotopic (exact) mass is 383 g/mol. The molecule has 2 aromatic heterocycles. The summed E-state index contributed by atoms with van der Waals surface area (Å²) in [5.74, 6) is -0.948. The minimum absolute atomic E-state index is 0.229. The second kappa shape index (κ2) is 6.49. The number of carbonyl (C=O) groups is 2. The molecule has 0 saturated heterocycles. The van der Waals surface area contributed by atoms with Gasteiger partial charge in [0.2, 0.25) is 0 Å². The highest BCUT2D eigenvalue weighted by atomic mass is 32.1. The molecule has 1 aliphatic rings. The first-order valence-corrected chi connectivity index (χ1v) is 9.75. The molecule has 1 aromatic carbocycles. The summed E-state index contributed by atoms with van der Waals surface area (Å²) in [6.45, 7) is 4.46. The van der Waals surface area contributed by atoms with Gasteiger partial charge in [0, 0.05) is 25.4 Å². The summed E-state index contributed by atoms with van der Waals surface area (Å²) in [5, 5.41) is 15.2. The number of aromatic nitrogens is 2. The minimum Gasteiger partial charge on any atom is -0.480 e. The third-order valence-corrected chi connectivity index (χ3v) is 6.28. The summed E-state index contributed by atoms with van der Waals surface area (Å²) < 4.78 is 1.80. The van der Waals surface area contributed by atoms with E-state index in [1.54, 1.807) is 4.68 Å². The van der Waals surface area contributed by atoms with Crippen LogP contribution in [-0.4, -0.2) is 37.7 Å². The number of benzene rings is 1. The highest BCUT2D eigenvalue weighted by Gasteiger charge is 2.35. The van der Waals surface area contributed by atoms with E-state index in [2.05, 4.69) is 18.9 Å². The lowest BCUT2D eigenvalue weighted by molar-refractivity contribution is -0.142. The highest BCUT2D eigenvalue weighted by Crippen LogP contribution is 2.33. The van der Waals surface area contributed by atoms with Gasteiger partial charge >= 0.3 is 5.97 Å². The molecule has 1 atom stereocenters. The molecule has 140 valence electrons. The van der Waals surface area contributed by atoms with Gasteiger partial charge in [-0.2, -0.15) is 5.10 Å². The number of carboxylic acids is 1. The number of fused-ring (bicyclic) bond motifs is 2. The van der Waals surface area contributed by atoms with Crippen LogP contribution in [-0.2, 0) is 24.8 Å². The summed E-state index contributed by atoms with van der Waals surface area (Å²) in [7, 11) is 1.87. The number of hydrogen-bond donors (Lipinski definition) is 1. The Morgan fingerprint density at radius 2 is 1.96 bits per heavy atom. The topological polar surface area (TPSA) is 75.4 Å². The molecule has 1 amide bonds. The predicted octanol–water partition coefficient (Wildman–Crippen LogP) is 3.41. The Bertz CT molecular complexity index is 1050. The summed E-state index contributed by atoms with van der Waals surface area (Å²) >= 11 is 1.38. The molecular formula is C20H21N3O3S. The van der Waals surface area contributed by atoms with E-state index in [-0.39, 0.29) is 11.8 Å². The van der Waals surface area contributed by atoms with Crippen LogP contribution >= 0.6 is 11.3 Å². The molecular weight excluding hydrogens is 362 g/mol. The van der Waals surface area contributed by atoms with Crippen LogP contribution in [0, 0.1) is 0 Å². The number of aliphatic carboxylic acids is 1. The van der Waals surface area contributed by atoms with Crippen molar-refractivity contribution in [3.8, 4) is 0 Å². The number of thiophene rings is 1. The molecule has 0 fully saturated rings. The molecule has 3 heterocycles. The van der Waals surface area contributed by atoms with Crippen LogP contribution in [0.15, 0.2) is 30.3 Å². The molecule has 3 aromatic rings. The number of carbonyl (C=O) groups excluding carboxylic acids is 1. The number of nitrogens with zero attached hydrogens (tertiary/aromatic N) is 3. The maximum absolute atomic E-state index is 13.2. The molecule has 1 unspecified atom stereocenters. The number of rotatable bonds is 3. The van der Waals surface area contributed by atoms with Crippen LogP contribution in [0.3, 0.4) is 0 Å². The van der Waals surface area contributed by atoms with Crippen LogP contribution in [0.1, 0.15) is 46.3 Å². The van der Waals surface area contributed by atoms with Crippen molar-refractivity contribution in [2.75, 3.05) is 0 Å². The van der Waals surface area contributed by atoms with Crippen molar-refractivity contribution < 1.29 is 14.7 Å². The van der Waals surface area contributed by atoms with E-state index in [9.17, 15) is 14.7 Å². The van der Waals surface area contributed by atoms with E-state index < -0.39 is 12.0 Å². The normalized spacial score (nSPS) is 16.7. The maximum atomic E-state index is 13.2. The number of hydrogen-bond acceptors (Lipinski definition) is 4. The molecule has 27 heavy (non-hydrogen) atoms. The molecule has 0 aliphatic carbocycles. The van der Waals surface area contributed by atoms with E-state index >= 15 is 0 Å². The average Bonchev–Trinajstić information content (AvgIpc) is 3.20. The Morgan fingerprint density at radius 3 is 2.63 bits per heavy atom.